The topological polar surface area (TPSA) is 166 Å². The average Bonchev–Trinajstić information content (AvgIpc) is 3.03. The lowest BCUT2D eigenvalue weighted by Gasteiger charge is -2.19. The van der Waals surface area contributed by atoms with E-state index in [2.05, 4.69) is 10.2 Å². The first kappa shape index (κ1) is 28.5. The van der Waals surface area contributed by atoms with E-state index in [0.717, 1.165) is 6.20 Å². The van der Waals surface area contributed by atoms with E-state index >= 15 is 0 Å². The normalized spacial score (nSPS) is 19.8. The van der Waals surface area contributed by atoms with Crippen LogP contribution in [0, 0.1) is 10.8 Å². The second-order valence-electron chi connectivity index (χ2n) is 6.41. The molecule has 0 amide bonds. The Kier molecular flexibility index (Phi) is 13.3. The SMILES string of the molecule is CCN=O.CCOC(=O)C(C)CCO.Nc1ccn(C2OC(CO)CC2(F)F)c(=O)n1. The zero-order chi connectivity index (χ0) is 24.0. The fourth-order valence-corrected chi connectivity index (χ4v) is 2.31. The smallest absolute Gasteiger partial charge is 0.351 e. The number of carbonyl (C=O) groups excluding carboxylic acids is 1. The highest BCUT2D eigenvalue weighted by Gasteiger charge is 2.51. The van der Waals surface area contributed by atoms with Crippen molar-refractivity contribution in [1.82, 2.24) is 9.55 Å². The largest absolute Gasteiger partial charge is 0.466 e. The minimum absolute atomic E-state index is 0.0416. The van der Waals surface area contributed by atoms with E-state index in [0.29, 0.717) is 24.1 Å². The van der Waals surface area contributed by atoms with E-state index in [9.17, 15) is 18.4 Å². The molecule has 0 spiro atoms. The van der Waals surface area contributed by atoms with Gasteiger partial charge in [-0.05, 0) is 26.3 Å². The van der Waals surface area contributed by atoms with Gasteiger partial charge in [0.1, 0.15) is 5.82 Å². The van der Waals surface area contributed by atoms with Crippen molar-refractivity contribution in [3.05, 3.63) is 27.7 Å². The molecular weight excluding hydrogens is 422 g/mol. The van der Waals surface area contributed by atoms with Crippen molar-refractivity contribution < 1.29 is 33.3 Å². The van der Waals surface area contributed by atoms with E-state index in [-0.39, 0.29) is 24.3 Å². The van der Waals surface area contributed by atoms with E-state index in [4.69, 9.17) is 30.3 Å². The van der Waals surface area contributed by atoms with Crippen molar-refractivity contribution in [2.45, 2.75) is 51.9 Å². The van der Waals surface area contributed by atoms with Gasteiger partial charge in [0, 0.05) is 19.2 Å². The number of hydrogen-bond acceptors (Lipinski definition) is 10. The molecule has 0 radical (unpaired) electrons. The van der Waals surface area contributed by atoms with Crippen molar-refractivity contribution >= 4 is 11.8 Å². The maximum Gasteiger partial charge on any atom is 0.351 e. The number of esters is 1. The number of aliphatic hydroxyl groups is 2. The van der Waals surface area contributed by atoms with Gasteiger partial charge in [0.25, 0.3) is 5.92 Å². The summed E-state index contributed by atoms with van der Waals surface area (Å²) in [4.78, 5) is 34.5. The van der Waals surface area contributed by atoms with Gasteiger partial charge in [0.15, 0.2) is 0 Å². The molecule has 13 heteroatoms. The number of nitrogens with two attached hydrogens (primary N) is 1. The number of carbonyl (C=O) groups is 1. The van der Waals surface area contributed by atoms with Crippen LogP contribution in [-0.4, -0.2) is 64.1 Å². The van der Waals surface area contributed by atoms with Crippen LogP contribution in [0.3, 0.4) is 0 Å². The monoisotopic (exact) mass is 452 g/mol. The fraction of sp³-hybridized carbons (Fsp3) is 0.722. The van der Waals surface area contributed by atoms with E-state index in [1.54, 1.807) is 20.8 Å². The number of aromatic nitrogens is 2. The van der Waals surface area contributed by atoms with Crippen molar-refractivity contribution in [3.8, 4) is 0 Å². The number of nitroso groups, excluding NO2 is 1. The quantitative estimate of drug-likeness (QED) is 0.405. The lowest BCUT2D eigenvalue weighted by atomic mass is 10.1. The molecular formula is C18H30F2N4O7. The van der Waals surface area contributed by atoms with E-state index in [1.807, 2.05) is 0 Å². The minimum Gasteiger partial charge on any atom is -0.466 e. The van der Waals surface area contributed by atoms with Crippen LogP contribution in [0.1, 0.15) is 39.8 Å². The Labute approximate surface area is 178 Å². The van der Waals surface area contributed by atoms with Crippen molar-refractivity contribution in [2.75, 3.05) is 32.1 Å². The molecule has 11 nitrogen and oxygen atoms in total. The highest BCUT2D eigenvalue weighted by atomic mass is 19.3. The summed E-state index contributed by atoms with van der Waals surface area (Å²) >= 11 is 0. The molecule has 3 atom stereocenters. The number of alkyl halides is 2. The van der Waals surface area contributed by atoms with Gasteiger partial charge in [0.2, 0.25) is 6.23 Å². The summed E-state index contributed by atoms with van der Waals surface area (Å²) in [6.45, 7) is 5.53. The van der Waals surface area contributed by atoms with Crippen molar-refractivity contribution in [3.63, 3.8) is 0 Å². The Morgan fingerprint density at radius 2 is 2.10 bits per heavy atom. The number of aliphatic hydroxyl groups excluding tert-OH is 2. The first-order valence-corrected chi connectivity index (χ1v) is 9.63. The van der Waals surface area contributed by atoms with Gasteiger partial charge in [-0.15, -0.1) is 0 Å². The Morgan fingerprint density at radius 1 is 1.48 bits per heavy atom. The Balaban J connectivity index is 0.000000548. The Morgan fingerprint density at radius 3 is 2.52 bits per heavy atom. The third-order valence-electron chi connectivity index (χ3n) is 3.87. The van der Waals surface area contributed by atoms with Crippen LogP contribution in [-0.2, 0) is 14.3 Å². The maximum atomic E-state index is 13.6. The lowest BCUT2D eigenvalue weighted by Crippen LogP contribution is -2.35. The van der Waals surface area contributed by atoms with Gasteiger partial charge in [-0.25, -0.2) is 13.6 Å². The van der Waals surface area contributed by atoms with Gasteiger partial charge < -0.3 is 25.4 Å². The first-order valence-electron chi connectivity index (χ1n) is 9.63. The second kappa shape index (κ2) is 14.5. The predicted octanol–water partition coefficient (Wildman–Crippen LogP) is 1.08. The van der Waals surface area contributed by atoms with Gasteiger partial charge >= 0.3 is 11.7 Å². The lowest BCUT2D eigenvalue weighted by molar-refractivity contribution is -0.147. The molecule has 1 aromatic heterocycles. The number of nitrogens with zero attached hydrogens (tertiary/aromatic N) is 3. The van der Waals surface area contributed by atoms with Crippen LogP contribution >= 0.6 is 0 Å². The number of halogens is 2. The summed E-state index contributed by atoms with van der Waals surface area (Å²) in [7, 11) is 0. The zero-order valence-corrected chi connectivity index (χ0v) is 17.7. The molecule has 0 bridgehead atoms. The molecule has 1 aromatic rings. The van der Waals surface area contributed by atoms with E-state index < -0.39 is 37.0 Å². The van der Waals surface area contributed by atoms with Crippen LogP contribution in [0.5, 0.6) is 0 Å². The first-order chi connectivity index (χ1) is 14.6. The molecule has 2 rings (SSSR count). The second-order valence-corrected chi connectivity index (χ2v) is 6.41. The summed E-state index contributed by atoms with van der Waals surface area (Å²) in [6, 6.07) is 1.23. The molecule has 1 fully saturated rings. The molecule has 0 aromatic carbocycles. The highest BCUT2D eigenvalue weighted by molar-refractivity contribution is 5.71. The number of rotatable bonds is 7. The number of ether oxygens (including phenoxy) is 2. The number of anilines is 1. The van der Waals surface area contributed by atoms with Crippen LogP contribution in [0.4, 0.5) is 14.6 Å². The summed E-state index contributed by atoms with van der Waals surface area (Å²) in [6.07, 6.45) is -1.79. The van der Waals surface area contributed by atoms with Crippen molar-refractivity contribution in [2.24, 2.45) is 11.1 Å². The van der Waals surface area contributed by atoms with Gasteiger partial charge in [-0.3, -0.25) is 9.36 Å². The third-order valence-corrected chi connectivity index (χ3v) is 3.87. The maximum absolute atomic E-state index is 13.6. The van der Waals surface area contributed by atoms with Crippen LogP contribution in [0.2, 0.25) is 0 Å². The molecule has 4 N–H and O–H groups in total. The van der Waals surface area contributed by atoms with Crippen LogP contribution < -0.4 is 11.4 Å². The fourth-order valence-electron chi connectivity index (χ4n) is 2.31. The molecule has 0 saturated carbocycles. The summed E-state index contributed by atoms with van der Waals surface area (Å²) in [5.41, 5.74) is 4.35. The molecule has 2 heterocycles. The molecule has 0 aliphatic carbocycles. The third kappa shape index (κ3) is 9.89. The molecule has 178 valence electrons. The molecule has 1 aliphatic rings. The Bertz CT molecular complexity index is 733. The molecule has 31 heavy (non-hydrogen) atoms. The van der Waals surface area contributed by atoms with Crippen LogP contribution in [0.15, 0.2) is 22.2 Å². The predicted molar refractivity (Wildman–Crippen MR) is 107 cm³/mol. The zero-order valence-electron chi connectivity index (χ0n) is 17.7. The standard InChI is InChI=1S/C9H11F2N3O3.C7H14O3.C2H5NO/c10-9(11)3-5(4-15)17-7(9)14-2-1-6(12)13-8(14)16;1-3-10-7(9)6(2)4-5-8;1-2-3-4/h1-2,5,7,15H,3-4H2,(H2,12,13,16);6,8H,3-5H2,1-2H3;2H2,1H3. The van der Waals surface area contributed by atoms with Crippen molar-refractivity contribution in [1.29, 1.82) is 0 Å². The minimum atomic E-state index is -3.23. The van der Waals surface area contributed by atoms with Crippen LogP contribution in [0.25, 0.3) is 0 Å². The summed E-state index contributed by atoms with van der Waals surface area (Å²) in [5.74, 6) is -3.68. The molecule has 1 aliphatic heterocycles. The number of nitrogen functional groups attached to an aromatic ring is 1. The summed E-state index contributed by atoms with van der Waals surface area (Å²) < 4.78 is 37.4. The van der Waals surface area contributed by atoms with Gasteiger partial charge in [-0.2, -0.15) is 9.89 Å². The Hall–Kier alpha value is -2.51. The average molecular weight is 452 g/mol. The summed E-state index contributed by atoms with van der Waals surface area (Å²) in [5, 5.41) is 19.7. The highest BCUT2D eigenvalue weighted by Crippen LogP contribution is 2.41. The molecule has 3 unspecified atom stereocenters. The molecule has 1 saturated heterocycles. The van der Waals surface area contributed by atoms with Gasteiger partial charge in [0.05, 0.1) is 31.8 Å². The number of hydrogen-bond donors (Lipinski definition) is 3. The van der Waals surface area contributed by atoms with Gasteiger partial charge in [-0.1, -0.05) is 12.1 Å². The van der Waals surface area contributed by atoms with E-state index in [1.165, 1.54) is 6.07 Å².